The molecule has 1 unspecified atom stereocenters. The summed E-state index contributed by atoms with van der Waals surface area (Å²) in [6.45, 7) is 5.14. The van der Waals surface area contributed by atoms with Gasteiger partial charge in [0.1, 0.15) is 0 Å². The van der Waals surface area contributed by atoms with Gasteiger partial charge in [-0.1, -0.05) is 31.0 Å². The van der Waals surface area contributed by atoms with Crippen LogP contribution in [0.5, 0.6) is 0 Å². The Labute approximate surface area is 115 Å². The van der Waals surface area contributed by atoms with Gasteiger partial charge < -0.3 is 10.6 Å². The van der Waals surface area contributed by atoms with E-state index in [2.05, 4.69) is 24.0 Å². The van der Waals surface area contributed by atoms with E-state index in [0.717, 1.165) is 24.0 Å². The predicted octanol–water partition coefficient (Wildman–Crippen LogP) is 3.82. The molecule has 1 aliphatic heterocycles. The molecule has 0 saturated carbocycles. The second-order valence-corrected chi connectivity index (χ2v) is 5.61. The zero-order valence-corrected chi connectivity index (χ0v) is 11.9. The normalized spacial score (nSPS) is 20.8. The molecule has 1 heterocycles. The maximum absolute atomic E-state index is 6.12. The van der Waals surface area contributed by atoms with Crippen LogP contribution >= 0.6 is 11.6 Å². The molecule has 0 bridgehead atoms. The zero-order valence-electron chi connectivity index (χ0n) is 11.2. The number of anilines is 1. The van der Waals surface area contributed by atoms with Gasteiger partial charge in [-0.15, -0.1) is 0 Å². The highest BCUT2D eigenvalue weighted by Crippen LogP contribution is 2.29. The van der Waals surface area contributed by atoms with Gasteiger partial charge in [0.05, 0.1) is 0 Å². The van der Waals surface area contributed by atoms with Crippen molar-refractivity contribution in [3.63, 3.8) is 0 Å². The number of benzene rings is 1. The molecule has 2 rings (SSSR count). The van der Waals surface area contributed by atoms with Gasteiger partial charge in [-0.25, -0.2) is 0 Å². The van der Waals surface area contributed by atoms with E-state index in [1.165, 1.54) is 36.9 Å². The summed E-state index contributed by atoms with van der Waals surface area (Å²) in [7, 11) is 0. The van der Waals surface area contributed by atoms with E-state index in [0.29, 0.717) is 6.54 Å². The van der Waals surface area contributed by atoms with E-state index >= 15 is 0 Å². The van der Waals surface area contributed by atoms with Crippen molar-refractivity contribution < 1.29 is 0 Å². The van der Waals surface area contributed by atoms with Gasteiger partial charge in [0.25, 0.3) is 0 Å². The first kappa shape index (κ1) is 13.7. The maximum atomic E-state index is 6.12. The van der Waals surface area contributed by atoms with Crippen molar-refractivity contribution in [3.8, 4) is 0 Å². The molecule has 1 aliphatic rings. The van der Waals surface area contributed by atoms with E-state index < -0.39 is 0 Å². The number of hydrogen-bond donors (Lipinski definition) is 1. The van der Waals surface area contributed by atoms with Crippen LogP contribution in [0, 0.1) is 5.92 Å². The van der Waals surface area contributed by atoms with Crippen molar-refractivity contribution in [1.29, 1.82) is 0 Å². The van der Waals surface area contributed by atoms with Crippen LogP contribution in [-0.4, -0.2) is 13.1 Å². The molecule has 0 amide bonds. The monoisotopic (exact) mass is 266 g/mol. The van der Waals surface area contributed by atoms with E-state index in [-0.39, 0.29) is 0 Å². The van der Waals surface area contributed by atoms with Crippen molar-refractivity contribution in [2.75, 3.05) is 18.0 Å². The van der Waals surface area contributed by atoms with E-state index in [1.807, 2.05) is 6.07 Å². The molecule has 1 aromatic carbocycles. The summed E-state index contributed by atoms with van der Waals surface area (Å²) >= 11 is 6.12. The Morgan fingerprint density at radius 2 is 2.17 bits per heavy atom. The molecular weight excluding hydrogens is 244 g/mol. The lowest BCUT2D eigenvalue weighted by Crippen LogP contribution is -2.25. The second kappa shape index (κ2) is 6.44. The van der Waals surface area contributed by atoms with Gasteiger partial charge in [-0.05, 0) is 42.9 Å². The van der Waals surface area contributed by atoms with Crippen LogP contribution in [0.2, 0.25) is 5.02 Å². The minimum Gasteiger partial charge on any atom is -0.371 e. The lowest BCUT2D eigenvalue weighted by molar-refractivity contribution is 0.459. The Kier molecular flexibility index (Phi) is 4.90. The molecule has 1 atom stereocenters. The second-order valence-electron chi connectivity index (χ2n) is 5.17. The number of halogens is 1. The lowest BCUT2D eigenvalue weighted by Gasteiger charge is -2.25. The van der Waals surface area contributed by atoms with Crippen LogP contribution in [0.15, 0.2) is 18.2 Å². The number of hydrogen-bond acceptors (Lipinski definition) is 2. The largest absolute Gasteiger partial charge is 0.371 e. The topological polar surface area (TPSA) is 29.3 Å². The molecule has 1 fully saturated rings. The van der Waals surface area contributed by atoms with Crippen LogP contribution in [0.4, 0.5) is 5.69 Å². The molecule has 1 aromatic rings. The van der Waals surface area contributed by atoms with Crippen LogP contribution < -0.4 is 10.6 Å². The fraction of sp³-hybridized carbons (Fsp3) is 0.600. The number of nitrogens with zero attached hydrogens (tertiary/aromatic N) is 1. The smallest absolute Gasteiger partial charge is 0.0426 e. The van der Waals surface area contributed by atoms with Crippen LogP contribution in [0.25, 0.3) is 0 Å². The maximum Gasteiger partial charge on any atom is 0.0426 e. The van der Waals surface area contributed by atoms with Gasteiger partial charge in [-0.3, -0.25) is 0 Å². The highest BCUT2D eigenvalue weighted by atomic mass is 35.5. The Bertz CT molecular complexity index is 392. The fourth-order valence-corrected chi connectivity index (χ4v) is 2.98. The summed E-state index contributed by atoms with van der Waals surface area (Å²) in [5.74, 6) is 0.885. The third-order valence-electron chi connectivity index (χ3n) is 4.03. The fourth-order valence-electron chi connectivity index (χ4n) is 2.82. The van der Waals surface area contributed by atoms with Gasteiger partial charge in [0.15, 0.2) is 0 Å². The Morgan fingerprint density at radius 1 is 1.33 bits per heavy atom. The first-order chi connectivity index (χ1) is 8.74. The van der Waals surface area contributed by atoms with E-state index in [4.69, 9.17) is 17.3 Å². The summed E-state index contributed by atoms with van der Waals surface area (Å²) < 4.78 is 0. The Hall–Kier alpha value is -0.730. The van der Waals surface area contributed by atoms with Gasteiger partial charge in [0, 0.05) is 30.3 Å². The average molecular weight is 267 g/mol. The van der Waals surface area contributed by atoms with Crippen molar-refractivity contribution in [2.24, 2.45) is 11.7 Å². The third-order valence-corrected chi connectivity index (χ3v) is 4.27. The Morgan fingerprint density at radius 3 is 2.89 bits per heavy atom. The Balaban J connectivity index is 2.17. The number of rotatable bonds is 3. The van der Waals surface area contributed by atoms with Crippen LogP contribution in [0.3, 0.4) is 0 Å². The summed E-state index contributed by atoms with van der Waals surface area (Å²) in [6, 6.07) is 6.05. The quantitative estimate of drug-likeness (QED) is 0.901. The van der Waals surface area contributed by atoms with Gasteiger partial charge >= 0.3 is 0 Å². The van der Waals surface area contributed by atoms with E-state index in [9.17, 15) is 0 Å². The molecule has 2 nitrogen and oxygen atoms in total. The van der Waals surface area contributed by atoms with Crippen molar-refractivity contribution in [2.45, 2.75) is 39.2 Å². The molecule has 0 radical (unpaired) electrons. The molecule has 1 saturated heterocycles. The SMILES string of the molecule is CCC1CCCN(c2cc(Cl)ccc2CN)CC1. The summed E-state index contributed by atoms with van der Waals surface area (Å²) in [5.41, 5.74) is 8.27. The molecule has 2 N–H and O–H groups in total. The average Bonchev–Trinajstić information content (AvgIpc) is 2.63. The van der Waals surface area contributed by atoms with Crippen LogP contribution in [0.1, 0.15) is 38.2 Å². The molecule has 3 heteroatoms. The van der Waals surface area contributed by atoms with Crippen molar-refractivity contribution >= 4 is 17.3 Å². The molecule has 0 aliphatic carbocycles. The van der Waals surface area contributed by atoms with Crippen molar-refractivity contribution in [3.05, 3.63) is 28.8 Å². The summed E-state index contributed by atoms with van der Waals surface area (Å²) in [5, 5.41) is 0.804. The third kappa shape index (κ3) is 3.18. The summed E-state index contributed by atoms with van der Waals surface area (Å²) in [6.07, 6.45) is 5.21. The summed E-state index contributed by atoms with van der Waals surface area (Å²) in [4.78, 5) is 2.46. The standard InChI is InChI=1S/C15H23ClN2/c1-2-12-4-3-8-18(9-7-12)15-10-14(16)6-5-13(15)11-17/h5-6,10,12H,2-4,7-9,11,17H2,1H3. The lowest BCUT2D eigenvalue weighted by atomic mass is 9.98. The zero-order chi connectivity index (χ0) is 13.0. The van der Waals surface area contributed by atoms with Gasteiger partial charge in [0.2, 0.25) is 0 Å². The van der Waals surface area contributed by atoms with E-state index in [1.54, 1.807) is 0 Å². The van der Waals surface area contributed by atoms with Crippen LogP contribution in [-0.2, 0) is 6.54 Å². The molecule has 0 aromatic heterocycles. The van der Waals surface area contributed by atoms with Crippen molar-refractivity contribution in [1.82, 2.24) is 0 Å². The minimum absolute atomic E-state index is 0.584. The molecular formula is C15H23ClN2. The first-order valence-electron chi connectivity index (χ1n) is 6.98. The van der Waals surface area contributed by atoms with Gasteiger partial charge in [-0.2, -0.15) is 0 Å². The first-order valence-corrected chi connectivity index (χ1v) is 7.35. The predicted molar refractivity (Wildman–Crippen MR) is 79.2 cm³/mol. The minimum atomic E-state index is 0.584. The highest BCUT2D eigenvalue weighted by molar-refractivity contribution is 6.30. The molecule has 100 valence electrons. The molecule has 0 spiro atoms. The molecule has 18 heavy (non-hydrogen) atoms. The number of nitrogens with two attached hydrogens (primary N) is 1. The highest BCUT2D eigenvalue weighted by Gasteiger charge is 2.17.